The molecule has 6 nitrogen and oxygen atoms in total. The van der Waals surface area contributed by atoms with Crippen molar-refractivity contribution in [3.63, 3.8) is 0 Å². The van der Waals surface area contributed by atoms with Crippen LogP contribution in [-0.2, 0) is 13.1 Å². The summed E-state index contributed by atoms with van der Waals surface area (Å²) in [6.45, 7) is -0.518. The van der Waals surface area contributed by atoms with E-state index in [-0.39, 0.29) is 10.8 Å². The number of halogens is 4. The zero-order chi connectivity index (χ0) is 18.0. The number of hydrogen-bond acceptors (Lipinski definition) is 3. The van der Waals surface area contributed by atoms with Crippen molar-refractivity contribution in [1.82, 2.24) is 19.6 Å². The van der Waals surface area contributed by atoms with E-state index in [1.54, 1.807) is 10.9 Å². The van der Waals surface area contributed by atoms with Crippen molar-refractivity contribution in [2.45, 2.75) is 44.9 Å². The van der Waals surface area contributed by atoms with E-state index in [4.69, 9.17) is 11.6 Å². The van der Waals surface area contributed by atoms with E-state index in [1.165, 1.54) is 19.0 Å². The molecule has 0 unspecified atom stereocenters. The first-order chi connectivity index (χ1) is 11.8. The summed E-state index contributed by atoms with van der Waals surface area (Å²) < 4.78 is 39.5. The lowest BCUT2D eigenvalue weighted by Gasteiger charge is -2.08. The summed E-state index contributed by atoms with van der Waals surface area (Å²) >= 11 is 5.84. The molecule has 0 saturated heterocycles. The van der Waals surface area contributed by atoms with Crippen molar-refractivity contribution in [3.05, 3.63) is 29.2 Å². The molecule has 2 aromatic rings. The van der Waals surface area contributed by atoms with Crippen LogP contribution in [0.2, 0.25) is 5.02 Å². The molecular weight excluding hydrogens is 359 g/mol. The van der Waals surface area contributed by atoms with Gasteiger partial charge in [-0.25, -0.2) is 0 Å². The van der Waals surface area contributed by atoms with Crippen molar-refractivity contribution < 1.29 is 18.0 Å². The van der Waals surface area contributed by atoms with Crippen molar-refractivity contribution in [3.8, 4) is 0 Å². The molecule has 0 spiro atoms. The van der Waals surface area contributed by atoms with Crippen molar-refractivity contribution >= 4 is 23.3 Å². The Morgan fingerprint density at radius 1 is 1.28 bits per heavy atom. The quantitative estimate of drug-likeness (QED) is 0.865. The predicted molar refractivity (Wildman–Crippen MR) is 85.4 cm³/mol. The van der Waals surface area contributed by atoms with Gasteiger partial charge in [-0.05, 0) is 18.8 Å². The van der Waals surface area contributed by atoms with Crippen LogP contribution in [0.4, 0.5) is 19.0 Å². The fraction of sp³-hybridized carbons (Fsp3) is 0.533. The van der Waals surface area contributed by atoms with Gasteiger partial charge in [0.05, 0.1) is 11.8 Å². The van der Waals surface area contributed by atoms with Gasteiger partial charge in [0.1, 0.15) is 11.6 Å². The molecule has 2 heterocycles. The maximum Gasteiger partial charge on any atom is 0.408 e. The Kier molecular flexibility index (Phi) is 5.03. The van der Waals surface area contributed by atoms with E-state index in [0.29, 0.717) is 16.2 Å². The van der Waals surface area contributed by atoms with Gasteiger partial charge in [-0.1, -0.05) is 24.4 Å². The van der Waals surface area contributed by atoms with E-state index in [2.05, 4.69) is 15.5 Å². The van der Waals surface area contributed by atoms with Gasteiger partial charge in [-0.3, -0.25) is 14.2 Å². The fourth-order valence-corrected chi connectivity index (χ4v) is 3.16. The molecule has 25 heavy (non-hydrogen) atoms. The lowest BCUT2D eigenvalue weighted by atomic mass is 10.1. The number of carbonyl (C=O) groups is 1. The summed E-state index contributed by atoms with van der Waals surface area (Å²) in [5, 5.41) is 10.2. The van der Waals surface area contributed by atoms with Crippen molar-refractivity contribution in [2.24, 2.45) is 5.92 Å². The van der Waals surface area contributed by atoms with E-state index < -0.39 is 18.6 Å². The van der Waals surface area contributed by atoms with Gasteiger partial charge in [0.25, 0.3) is 5.91 Å². The third-order valence-corrected chi connectivity index (χ3v) is 4.38. The highest BCUT2D eigenvalue weighted by Crippen LogP contribution is 2.26. The molecule has 0 radical (unpaired) electrons. The molecule has 1 aliphatic carbocycles. The van der Waals surface area contributed by atoms with Crippen LogP contribution in [0.5, 0.6) is 0 Å². The molecule has 1 amide bonds. The Bertz CT molecular complexity index is 749. The van der Waals surface area contributed by atoms with Crippen LogP contribution in [0.25, 0.3) is 0 Å². The number of aromatic nitrogens is 4. The molecule has 0 aromatic carbocycles. The van der Waals surface area contributed by atoms with Crippen LogP contribution in [0, 0.1) is 5.92 Å². The average molecular weight is 376 g/mol. The lowest BCUT2D eigenvalue weighted by molar-refractivity contribution is -0.142. The molecule has 136 valence electrons. The fourth-order valence-electron chi connectivity index (χ4n) is 2.96. The number of hydrogen-bond donors (Lipinski definition) is 1. The summed E-state index contributed by atoms with van der Waals surface area (Å²) in [5.74, 6) is -0.0559. The number of amides is 1. The summed E-state index contributed by atoms with van der Waals surface area (Å²) in [5.41, 5.74) is 0.305. The Morgan fingerprint density at radius 2 is 2.00 bits per heavy atom. The zero-order valence-corrected chi connectivity index (χ0v) is 14.0. The van der Waals surface area contributed by atoms with Gasteiger partial charge in [-0.2, -0.15) is 23.4 Å². The summed E-state index contributed by atoms with van der Waals surface area (Å²) in [7, 11) is 0. The van der Waals surface area contributed by atoms with Gasteiger partial charge in [0.15, 0.2) is 5.82 Å². The molecule has 1 saturated carbocycles. The minimum absolute atomic E-state index is 0.0593. The SMILES string of the molecule is O=C(Nc1nn(CC(F)(F)F)cc1Cl)c1cnn(CC2CCCC2)c1. The largest absolute Gasteiger partial charge is 0.408 e. The number of alkyl halides is 3. The standard InChI is InChI=1S/C15H17ClF3N5O/c16-12-8-24(9-15(17,18)19)22-13(12)21-14(25)11-5-20-23(7-11)6-10-3-1-2-4-10/h5,7-8,10H,1-4,6,9H2,(H,21,22,25). The van der Waals surface area contributed by atoms with E-state index in [9.17, 15) is 18.0 Å². The van der Waals surface area contributed by atoms with Gasteiger partial charge >= 0.3 is 6.18 Å². The first-order valence-corrected chi connectivity index (χ1v) is 8.31. The highest BCUT2D eigenvalue weighted by Gasteiger charge is 2.29. The molecule has 1 fully saturated rings. The topological polar surface area (TPSA) is 64.7 Å². The van der Waals surface area contributed by atoms with E-state index in [0.717, 1.165) is 25.6 Å². The molecule has 10 heteroatoms. The summed E-state index contributed by atoms with van der Waals surface area (Å²) in [4.78, 5) is 12.2. The van der Waals surface area contributed by atoms with Crippen molar-refractivity contribution in [2.75, 3.05) is 5.32 Å². The average Bonchev–Trinajstić information content (AvgIpc) is 3.21. The molecular formula is C15H17ClF3N5O. The van der Waals surface area contributed by atoms with Crippen LogP contribution in [-0.4, -0.2) is 31.6 Å². The maximum atomic E-state index is 12.4. The molecule has 0 bridgehead atoms. The normalized spacial score (nSPS) is 15.7. The third kappa shape index (κ3) is 4.75. The number of nitrogens with zero attached hydrogens (tertiary/aromatic N) is 4. The van der Waals surface area contributed by atoms with Crippen LogP contribution in [0.15, 0.2) is 18.6 Å². The monoisotopic (exact) mass is 375 g/mol. The Hall–Kier alpha value is -2.03. The molecule has 3 rings (SSSR count). The zero-order valence-electron chi connectivity index (χ0n) is 13.3. The minimum atomic E-state index is -4.42. The van der Waals surface area contributed by atoms with Gasteiger partial charge in [-0.15, -0.1) is 0 Å². The Labute approximate surface area is 146 Å². The van der Waals surface area contributed by atoms with Gasteiger partial charge in [0, 0.05) is 18.9 Å². The number of nitrogens with one attached hydrogen (secondary N) is 1. The van der Waals surface area contributed by atoms with Crippen LogP contribution < -0.4 is 5.32 Å². The third-order valence-electron chi connectivity index (χ3n) is 4.11. The molecule has 0 aliphatic heterocycles. The lowest BCUT2D eigenvalue weighted by Crippen LogP contribution is -2.18. The summed E-state index contributed by atoms with van der Waals surface area (Å²) in [6.07, 6.45) is 4.41. The number of carbonyl (C=O) groups excluding carboxylic acids is 1. The van der Waals surface area contributed by atoms with Crippen LogP contribution in [0.3, 0.4) is 0 Å². The highest BCUT2D eigenvalue weighted by molar-refractivity contribution is 6.33. The number of rotatable bonds is 5. The van der Waals surface area contributed by atoms with Gasteiger partial charge < -0.3 is 5.32 Å². The molecule has 2 aromatic heterocycles. The first-order valence-electron chi connectivity index (χ1n) is 7.94. The van der Waals surface area contributed by atoms with Crippen LogP contribution in [0.1, 0.15) is 36.0 Å². The second-order valence-corrected chi connectivity index (χ2v) is 6.60. The maximum absolute atomic E-state index is 12.4. The Balaban J connectivity index is 1.63. The number of anilines is 1. The molecule has 0 atom stereocenters. The minimum Gasteiger partial charge on any atom is -0.304 e. The van der Waals surface area contributed by atoms with E-state index in [1.807, 2.05) is 0 Å². The summed E-state index contributed by atoms with van der Waals surface area (Å²) in [6, 6.07) is 0. The van der Waals surface area contributed by atoms with Gasteiger partial charge in [0.2, 0.25) is 0 Å². The van der Waals surface area contributed by atoms with E-state index >= 15 is 0 Å². The van der Waals surface area contributed by atoms with Crippen LogP contribution >= 0.6 is 11.6 Å². The second kappa shape index (κ2) is 7.07. The second-order valence-electron chi connectivity index (χ2n) is 6.19. The Morgan fingerprint density at radius 3 is 2.68 bits per heavy atom. The highest BCUT2D eigenvalue weighted by atomic mass is 35.5. The molecule has 1 N–H and O–H groups in total. The van der Waals surface area contributed by atoms with Crippen molar-refractivity contribution in [1.29, 1.82) is 0 Å². The first kappa shape index (κ1) is 17.8. The smallest absolute Gasteiger partial charge is 0.304 e. The molecule has 1 aliphatic rings. The predicted octanol–water partition coefficient (Wildman–Crippen LogP) is 3.74.